The van der Waals surface area contributed by atoms with Crippen LogP contribution in [0.25, 0.3) is 10.9 Å². The van der Waals surface area contributed by atoms with Crippen molar-refractivity contribution in [3.8, 4) is 5.75 Å². The summed E-state index contributed by atoms with van der Waals surface area (Å²) in [4.78, 5) is 11.8. The SMILES string of the molecule is COc1ccc2nc(CN3C[C@@H]4CC[C@@](O)(c5ncccc5C)[C@@H]4C3)ccc2c1. The normalized spacial score (nSPS) is 26.7. The van der Waals surface area contributed by atoms with Gasteiger partial charge in [-0.15, -0.1) is 0 Å². The summed E-state index contributed by atoms with van der Waals surface area (Å²) in [7, 11) is 1.68. The van der Waals surface area contributed by atoms with Crippen LogP contribution in [-0.4, -0.2) is 40.2 Å². The molecule has 1 aromatic carbocycles. The lowest BCUT2D eigenvalue weighted by Crippen LogP contribution is -2.36. The van der Waals surface area contributed by atoms with Crippen molar-refractivity contribution in [2.24, 2.45) is 11.8 Å². The monoisotopic (exact) mass is 389 g/mol. The van der Waals surface area contributed by atoms with E-state index in [1.807, 2.05) is 37.3 Å². The zero-order valence-corrected chi connectivity index (χ0v) is 17.0. The number of nitrogens with zero attached hydrogens (tertiary/aromatic N) is 3. The van der Waals surface area contributed by atoms with Crippen LogP contribution in [0.1, 0.15) is 29.8 Å². The number of benzene rings is 1. The van der Waals surface area contributed by atoms with Gasteiger partial charge in [-0.1, -0.05) is 12.1 Å². The Hall–Kier alpha value is -2.50. The molecule has 2 aliphatic rings. The lowest BCUT2D eigenvalue weighted by Gasteiger charge is -2.31. The number of aromatic nitrogens is 2. The molecule has 0 amide bonds. The van der Waals surface area contributed by atoms with Crippen molar-refractivity contribution in [1.29, 1.82) is 0 Å². The van der Waals surface area contributed by atoms with Crippen molar-refractivity contribution < 1.29 is 9.84 Å². The van der Waals surface area contributed by atoms with Crippen molar-refractivity contribution in [1.82, 2.24) is 14.9 Å². The number of ether oxygens (including phenoxy) is 1. The number of methoxy groups -OCH3 is 1. The molecule has 3 heterocycles. The molecule has 5 rings (SSSR count). The third kappa shape index (κ3) is 3.18. The van der Waals surface area contributed by atoms with Crippen LogP contribution in [0.15, 0.2) is 48.7 Å². The van der Waals surface area contributed by atoms with Crippen molar-refractivity contribution in [2.75, 3.05) is 20.2 Å². The first-order valence-electron chi connectivity index (χ1n) is 10.4. The second kappa shape index (κ2) is 7.08. The Morgan fingerprint density at radius 1 is 1.21 bits per heavy atom. The largest absolute Gasteiger partial charge is 0.497 e. The molecule has 1 saturated heterocycles. The average Bonchev–Trinajstić information content (AvgIpc) is 3.28. The number of aryl methyl sites for hydroxylation is 1. The van der Waals surface area contributed by atoms with Crippen LogP contribution in [0.4, 0.5) is 0 Å². The Bertz CT molecular complexity index is 1050. The van der Waals surface area contributed by atoms with Gasteiger partial charge in [0.1, 0.15) is 11.4 Å². The van der Waals surface area contributed by atoms with Gasteiger partial charge in [0.25, 0.3) is 0 Å². The second-order valence-corrected chi connectivity index (χ2v) is 8.55. The molecule has 1 aliphatic heterocycles. The van der Waals surface area contributed by atoms with Gasteiger partial charge in [0.05, 0.1) is 24.0 Å². The van der Waals surface area contributed by atoms with Crippen LogP contribution in [0.5, 0.6) is 5.75 Å². The predicted molar refractivity (Wildman–Crippen MR) is 113 cm³/mol. The number of pyridine rings is 2. The van der Waals surface area contributed by atoms with Crippen LogP contribution < -0.4 is 4.74 Å². The maximum absolute atomic E-state index is 11.6. The standard InChI is InChI=1S/C24H27N3O2/c1-16-4-3-11-25-23(16)24(28)10-9-18-13-27(15-21(18)24)14-19-6-5-17-12-20(29-2)7-8-22(17)26-19/h3-8,11-12,18,21,28H,9-10,13-15H2,1-2H3/t18-,21+,24-/m0/s1. The van der Waals surface area contributed by atoms with E-state index in [1.165, 1.54) is 0 Å². The Labute approximate surface area is 171 Å². The molecule has 0 bridgehead atoms. The number of rotatable bonds is 4. The molecule has 5 nitrogen and oxygen atoms in total. The maximum atomic E-state index is 11.6. The minimum absolute atomic E-state index is 0.237. The highest BCUT2D eigenvalue weighted by molar-refractivity contribution is 5.80. The summed E-state index contributed by atoms with van der Waals surface area (Å²) in [6, 6.07) is 14.2. The highest BCUT2D eigenvalue weighted by Gasteiger charge is 2.53. The number of fused-ring (bicyclic) bond motifs is 2. The number of hydrogen-bond donors (Lipinski definition) is 1. The molecular weight excluding hydrogens is 362 g/mol. The van der Waals surface area contributed by atoms with Gasteiger partial charge in [-0.25, -0.2) is 0 Å². The van der Waals surface area contributed by atoms with Crippen molar-refractivity contribution in [3.63, 3.8) is 0 Å². The molecule has 2 fully saturated rings. The summed E-state index contributed by atoms with van der Waals surface area (Å²) in [6.07, 6.45) is 3.66. The van der Waals surface area contributed by atoms with Crippen LogP contribution >= 0.6 is 0 Å². The fourth-order valence-electron chi connectivity index (χ4n) is 5.34. The van der Waals surface area contributed by atoms with Gasteiger partial charge in [-0.3, -0.25) is 14.9 Å². The molecule has 1 saturated carbocycles. The van der Waals surface area contributed by atoms with E-state index in [2.05, 4.69) is 22.0 Å². The first-order chi connectivity index (χ1) is 14.1. The maximum Gasteiger partial charge on any atom is 0.119 e. The molecule has 29 heavy (non-hydrogen) atoms. The van der Waals surface area contributed by atoms with Crippen molar-refractivity contribution in [2.45, 2.75) is 31.9 Å². The summed E-state index contributed by atoms with van der Waals surface area (Å²) < 4.78 is 5.30. The summed E-state index contributed by atoms with van der Waals surface area (Å²) in [6.45, 7) is 4.77. The number of aliphatic hydroxyl groups is 1. The Morgan fingerprint density at radius 2 is 2.10 bits per heavy atom. The lowest BCUT2D eigenvalue weighted by molar-refractivity contribution is -0.0114. The van der Waals surface area contributed by atoms with E-state index in [9.17, 15) is 5.11 Å². The smallest absolute Gasteiger partial charge is 0.119 e. The Kier molecular flexibility index (Phi) is 4.52. The highest BCUT2D eigenvalue weighted by atomic mass is 16.5. The van der Waals surface area contributed by atoms with Crippen LogP contribution in [-0.2, 0) is 12.1 Å². The molecule has 0 radical (unpaired) electrons. The van der Waals surface area contributed by atoms with Crippen LogP contribution in [0, 0.1) is 18.8 Å². The van der Waals surface area contributed by atoms with E-state index in [-0.39, 0.29) is 5.92 Å². The number of hydrogen-bond acceptors (Lipinski definition) is 5. The van der Waals surface area contributed by atoms with E-state index in [1.54, 1.807) is 13.3 Å². The summed E-state index contributed by atoms with van der Waals surface area (Å²) in [5.74, 6) is 1.61. The van der Waals surface area contributed by atoms with Gasteiger partial charge in [-0.05, 0) is 61.6 Å². The summed E-state index contributed by atoms with van der Waals surface area (Å²) in [5, 5.41) is 12.7. The zero-order chi connectivity index (χ0) is 20.0. The first-order valence-corrected chi connectivity index (χ1v) is 10.4. The van der Waals surface area contributed by atoms with Gasteiger partial charge in [0.2, 0.25) is 0 Å². The van der Waals surface area contributed by atoms with Gasteiger partial charge in [-0.2, -0.15) is 0 Å². The second-order valence-electron chi connectivity index (χ2n) is 8.55. The molecule has 0 unspecified atom stereocenters. The van der Waals surface area contributed by atoms with E-state index in [4.69, 9.17) is 9.72 Å². The first kappa shape index (κ1) is 18.5. The molecule has 5 heteroatoms. The van der Waals surface area contributed by atoms with Crippen molar-refractivity contribution >= 4 is 10.9 Å². The van der Waals surface area contributed by atoms with Gasteiger partial charge < -0.3 is 9.84 Å². The summed E-state index contributed by atoms with van der Waals surface area (Å²) in [5.41, 5.74) is 3.20. The van der Waals surface area contributed by atoms with Gasteiger partial charge in [0.15, 0.2) is 0 Å². The van der Waals surface area contributed by atoms with Crippen molar-refractivity contribution in [3.05, 3.63) is 65.6 Å². The number of likely N-dealkylation sites (tertiary alicyclic amines) is 1. The average molecular weight is 389 g/mol. The highest BCUT2D eigenvalue weighted by Crippen LogP contribution is 2.50. The molecular formula is C24H27N3O2. The van der Waals surface area contributed by atoms with Crippen LogP contribution in [0.3, 0.4) is 0 Å². The molecule has 1 aliphatic carbocycles. The summed E-state index contributed by atoms with van der Waals surface area (Å²) >= 11 is 0. The minimum atomic E-state index is -0.807. The third-order valence-corrected chi connectivity index (χ3v) is 6.79. The molecule has 3 atom stereocenters. The van der Waals surface area contributed by atoms with E-state index in [0.29, 0.717) is 5.92 Å². The predicted octanol–water partition coefficient (Wildman–Crippen LogP) is 3.68. The Balaban J connectivity index is 1.35. The topological polar surface area (TPSA) is 58.5 Å². The molecule has 0 spiro atoms. The van der Waals surface area contributed by atoms with Gasteiger partial charge >= 0.3 is 0 Å². The quantitative estimate of drug-likeness (QED) is 0.738. The Morgan fingerprint density at radius 3 is 2.93 bits per heavy atom. The van der Waals surface area contributed by atoms with E-state index >= 15 is 0 Å². The van der Waals surface area contributed by atoms with Gasteiger partial charge in [0, 0.05) is 37.1 Å². The molecule has 1 N–H and O–H groups in total. The molecule has 2 aromatic heterocycles. The molecule has 3 aromatic rings. The fraction of sp³-hybridized carbons (Fsp3) is 0.417. The molecule has 150 valence electrons. The van der Waals surface area contributed by atoms with E-state index in [0.717, 1.165) is 66.1 Å². The van der Waals surface area contributed by atoms with E-state index < -0.39 is 5.60 Å². The minimum Gasteiger partial charge on any atom is -0.497 e. The fourth-order valence-corrected chi connectivity index (χ4v) is 5.34. The third-order valence-electron chi connectivity index (χ3n) is 6.79. The zero-order valence-electron chi connectivity index (χ0n) is 17.0. The lowest BCUT2D eigenvalue weighted by atomic mass is 9.83. The van der Waals surface area contributed by atoms with Crippen LogP contribution in [0.2, 0.25) is 0 Å².